The Labute approximate surface area is 106 Å². The molecule has 0 saturated heterocycles. The third kappa shape index (κ3) is 2.90. The van der Waals surface area contributed by atoms with Crippen molar-refractivity contribution in [1.82, 2.24) is 9.97 Å². The highest BCUT2D eigenvalue weighted by molar-refractivity contribution is 5.23. The Balaban J connectivity index is 2.20. The van der Waals surface area contributed by atoms with Crippen LogP contribution in [0.25, 0.3) is 0 Å². The van der Waals surface area contributed by atoms with Crippen molar-refractivity contribution in [3.05, 3.63) is 58.9 Å². The van der Waals surface area contributed by atoms with Crippen molar-refractivity contribution >= 4 is 0 Å². The first-order chi connectivity index (χ1) is 8.56. The van der Waals surface area contributed by atoms with Crippen LogP contribution < -0.4 is 5.73 Å². The van der Waals surface area contributed by atoms with Crippen molar-refractivity contribution in [1.29, 1.82) is 0 Å². The highest BCUT2D eigenvalue weighted by Crippen LogP contribution is 2.13. The van der Waals surface area contributed by atoms with E-state index in [9.17, 15) is 4.39 Å². The Morgan fingerprint density at radius 3 is 2.50 bits per heavy atom. The summed E-state index contributed by atoms with van der Waals surface area (Å²) in [5, 5.41) is 0. The normalized spacial score (nSPS) is 12.4. The Morgan fingerprint density at radius 2 is 1.94 bits per heavy atom. The molecule has 1 heterocycles. The number of hydrogen-bond donors (Lipinski definition) is 1. The van der Waals surface area contributed by atoms with Gasteiger partial charge in [-0.05, 0) is 31.5 Å². The highest BCUT2D eigenvalue weighted by Gasteiger charge is 2.07. The Kier molecular flexibility index (Phi) is 3.67. The molecule has 0 amide bonds. The molecule has 0 spiro atoms. The molecule has 0 bridgehead atoms. The molecule has 0 aliphatic heterocycles. The van der Waals surface area contributed by atoms with Gasteiger partial charge in [-0.3, -0.25) is 0 Å². The molecule has 2 aromatic rings. The predicted molar refractivity (Wildman–Crippen MR) is 68.6 cm³/mol. The van der Waals surface area contributed by atoms with Gasteiger partial charge in [0.2, 0.25) is 0 Å². The monoisotopic (exact) mass is 245 g/mol. The fourth-order valence-electron chi connectivity index (χ4n) is 1.84. The predicted octanol–water partition coefficient (Wildman–Crippen LogP) is 2.53. The zero-order valence-electron chi connectivity index (χ0n) is 10.5. The SMILES string of the molecule is Cc1nc(Cc2ccc(F)cc2)ncc1C(C)N. The molecular formula is C14H16FN3. The van der Waals surface area contributed by atoms with Gasteiger partial charge >= 0.3 is 0 Å². The Hall–Kier alpha value is -1.81. The van der Waals surface area contributed by atoms with Crippen LogP contribution in [0.15, 0.2) is 30.5 Å². The summed E-state index contributed by atoms with van der Waals surface area (Å²) in [5.41, 5.74) is 8.66. The minimum absolute atomic E-state index is 0.0649. The summed E-state index contributed by atoms with van der Waals surface area (Å²) in [4.78, 5) is 8.72. The molecule has 1 unspecified atom stereocenters. The Bertz CT molecular complexity index is 535. The molecule has 94 valence electrons. The van der Waals surface area contributed by atoms with Gasteiger partial charge in [-0.2, -0.15) is 0 Å². The smallest absolute Gasteiger partial charge is 0.132 e. The lowest BCUT2D eigenvalue weighted by Crippen LogP contribution is -2.10. The lowest BCUT2D eigenvalue weighted by molar-refractivity contribution is 0.627. The van der Waals surface area contributed by atoms with Gasteiger partial charge in [0.05, 0.1) is 0 Å². The second-order valence-electron chi connectivity index (χ2n) is 4.42. The third-order valence-electron chi connectivity index (χ3n) is 2.83. The number of nitrogens with zero attached hydrogens (tertiary/aromatic N) is 2. The van der Waals surface area contributed by atoms with Crippen molar-refractivity contribution in [2.24, 2.45) is 5.73 Å². The molecule has 1 atom stereocenters. The largest absolute Gasteiger partial charge is 0.324 e. The van der Waals surface area contributed by atoms with E-state index in [-0.39, 0.29) is 11.9 Å². The van der Waals surface area contributed by atoms with Crippen LogP contribution >= 0.6 is 0 Å². The zero-order chi connectivity index (χ0) is 13.1. The van der Waals surface area contributed by atoms with Gasteiger partial charge in [-0.1, -0.05) is 12.1 Å². The quantitative estimate of drug-likeness (QED) is 0.904. The first-order valence-corrected chi connectivity index (χ1v) is 5.88. The molecule has 2 N–H and O–H groups in total. The average molecular weight is 245 g/mol. The van der Waals surface area contributed by atoms with Crippen LogP contribution in [0, 0.1) is 12.7 Å². The van der Waals surface area contributed by atoms with Crippen molar-refractivity contribution in [2.75, 3.05) is 0 Å². The van der Waals surface area contributed by atoms with Gasteiger partial charge in [0.1, 0.15) is 11.6 Å². The zero-order valence-corrected chi connectivity index (χ0v) is 10.5. The number of hydrogen-bond acceptors (Lipinski definition) is 3. The molecule has 0 fully saturated rings. The number of aromatic nitrogens is 2. The van der Waals surface area contributed by atoms with Crippen LogP contribution in [0.4, 0.5) is 4.39 Å². The lowest BCUT2D eigenvalue weighted by atomic mass is 10.1. The molecular weight excluding hydrogens is 229 g/mol. The average Bonchev–Trinajstić information content (AvgIpc) is 2.32. The summed E-state index contributed by atoms with van der Waals surface area (Å²) in [6, 6.07) is 6.31. The first-order valence-electron chi connectivity index (χ1n) is 5.88. The minimum Gasteiger partial charge on any atom is -0.324 e. The summed E-state index contributed by atoms with van der Waals surface area (Å²) in [6.45, 7) is 3.83. The fraction of sp³-hybridized carbons (Fsp3) is 0.286. The highest BCUT2D eigenvalue weighted by atomic mass is 19.1. The van der Waals surface area contributed by atoms with Crippen LogP contribution in [0.1, 0.15) is 35.6 Å². The molecule has 0 aliphatic rings. The molecule has 2 rings (SSSR count). The van der Waals surface area contributed by atoms with Crippen LogP contribution in [-0.2, 0) is 6.42 Å². The molecule has 18 heavy (non-hydrogen) atoms. The maximum Gasteiger partial charge on any atom is 0.132 e. The van der Waals surface area contributed by atoms with E-state index in [1.807, 2.05) is 13.8 Å². The maximum absolute atomic E-state index is 12.8. The molecule has 0 aliphatic carbocycles. The molecule has 0 radical (unpaired) electrons. The number of benzene rings is 1. The first kappa shape index (κ1) is 12.6. The Morgan fingerprint density at radius 1 is 1.28 bits per heavy atom. The summed E-state index contributed by atoms with van der Waals surface area (Å²) >= 11 is 0. The van der Waals surface area contributed by atoms with Gasteiger partial charge in [0, 0.05) is 29.9 Å². The van der Waals surface area contributed by atoms with E-state index < -0.39 is 0 Å². The van der Waals surface area contributed by atoms with Crippen molar-refractivity contribution in [3.63, 3.8) is 0 Å². The lowest BCUT2D eigenvalue weighted by Gasteiger charge is -2.09. The van der Waals surface area contributed by atoms with E-state index in [0.717, 1.165) is 22.6 Å². The van der Waals surface area contributed by atoms with Gasteiger partial charge in [-0.25, -0.2) is 14.4 Å². The summed E-state index contributed by atoms with van der Waals surface area (Å²) < 4.78 is 12.8. The number of halogens is 1. The molecule has 1 aromatic carbocycles. The third-order valence-corrected chi connectivity index (χ3v) is 2.83. The van der Waals surface area contributed by atoms with E-state index in [2.05, 4.69) is 9.97 Å². The molecule has 1 aromatic heterocycles. The number of nitrogens with two attached hydrogens (primary N) is 1. The molecule has 4 heteroatoms. The van der Waals surface area contributed by atoms with Gasteiger partial charge in [0.25, 0.3) is 0 Å². The molecule has 0 saturated carbocycles. The fourth-order valence-corrected chi connectivity index (χ4v) is 1.84. The van der Waals surface area contributed by atoms with Gasteiger partial charge in [0.15, 0.2) is 0 Å². The number of rotatable bonds is 3. The minimum atomic E-state index is -0.233. The van der Waals surface area contributed by atoms with E-state index in [1.54, 1.807) is 18.3 Å². The summed E-state index contributed by atoms with van der Waals surface area (Å²) in [5.74, 6) is 0.492. The van der Waals surface area contributed by atoms with E-state index in [0.29, 0.717) is 6.42 Å². The van der Waals surface area contributed by atoms with Gasteiger partial charge < -0.3 is 5.73 Å². The van der Waals surface area contributed by atoms with Crippen LogP contribution in [-0.4, -0.2) is 9.97 Å². The van der Waals surface area contributed by atoms with E-state index in [4.69, 9.17) is 5.73 Å². The molecule has 3 nitrogen and oxygen atoms in total. The summed E-state index contributed by atoms with van der Waals surface area (Å²) in [7, 11) is 0. The van der Waals surface area contributed by atoms with E-state index in [1.165, 1.54) is 12.1 Å². The summed E-state index contributed by atoms with van der Waals surface area (Å²) in [6.07, 6.45) is 2.37. The van der Waals surface area contributed by atoms with Crippen LogP contribution in [0.2, 0.25) is 0 Å². The second-order valence-corrected chi connectivity index (χ2v) is 4.42. The van der Waals surface area contributed by atoms with Crippen molar-refractivity contribution in [2.45, 2.75) is 26.3 Å². The number of aryl methyl sites for hydroxylation is 1. The van der Waals surface area contributed by atoms with Crippen LogP contribution in [0.5, 0.6) is 0 Å². The van der Waals surface area contributed by atoms with Crippen LogP contribution in [0.3, 0.4) is 0 Å². The van der Waals surface area contributed by atoms with E-state index >= 15 is 0 Å². The second kappa shape index (κ2) is 5.23. The van der Waals surface area contributed by atoms with Crippen molar-refractivity contribution < 1.29 is 4.39 Å². The van der Waals surface area contributed by atoms with Crippen molar-refractivity contribution in [3.8, 4) is 0 Å². The standard InChI is InChI=1S/C14H16FN3/c1-9(16)13-8-17-14(18-10(13)2)7-11-3-5-12(15)6-4-11/h3-6,8-9H,7,16H2,1-2H3. The topological polar surface area (TPSA) is 51.8 Å². The maximum atomic E-state index is 12.8. The van der Waals surface area contributed by atoms with Gasteiger partial charge in [-0.15, -0.1) is 0 Å².